The summed E-state index contributed by atoms with van der Waals surface area (Å²) in [6, 6.07) is 5.50. The highest BCUT2D eigenvalue weighted by Crippen LogP contribution is 2.21. The highest BCUT2D eigenvalue weighted by Gasteiger charge is 2.27. The summed E-state index contributed by atoms with van der Waals surface area (Å²) in [5.74, 6) is 0. The van der Waals surface area contributed by atoms with E-state index in [0.717, 1.165) is 24.2 Å². The monoisotopic (exact) mass is 312 g/mol. The zero-order valence-corrected chi connectivity index (χ0v) is 14.0. The fraction of sp³-hybridized carbons (Fsp3) is 0.600. The summed E-state index contributed by atoms with van der Waals surface area (Å²) in [6.07, 6.45) is -0.0753. The summed E-state index contributed by atoms with van der Waals surface area (Å²) in [7, 11) is 0.168. The van der Waals surface area contributed by atoms with E-state index in [-0.39, 0.29) is 6.10 Å². The van der Waals surface area contributed by atoms with Crippen molar-refractivity contribution >= 4 is 10.0 Å². The number of hydrogen-bond acceptors (Lipinski definition) is 4. The Balaban J connectivity index is 2.16. The van der Waals surface area contributed by atoms with E-state index < -0.39 is 10.0 Å². The highest BCUT2D eigenvalue weighted by atomic mass is 32.2. The summed E-state index contributed by atoms with van der Waals surface area (Å²) in [5.41, 5.74) is 1.72. The van der Waals surface area contributed by atoms with E-state index in [2.05, 4.69) is 4.90 Å². The molecule has 0 aliphatic carbocycles. The van der Waals surface area contributed by atoms with Crippen molar-refractivity contribution in [2.45, 2.75) is 24.8 Å². The Bertz CT molecular complexity index is 601. The molecule has 0 bridgehead atoms. The van der Waals surface area contributed by atoms with Crippen molar-refractivity contribution in [3.63, 3.8) is 0 Å². The molecule has 1 aromatic carbocycles. The first kappa shape index (κ1) is 16.4. The fourth-order valence-corrected chi connectivity index (χ4v) is 4.02. The largest absolute Gasteiger partial charge is 0.374 e. The molecule has 1 saturated heterocycles. The van der Waals surface area contributed by atoms with Gasteiger partial charge in [-0.25, -0.2) is 8.42 Å². The van der Waals surface area contributed by atoms with Crippen LogP contribution in [-0.2, 0) is 14.8 Å². The van der Waals surface area contributed by atoms with Crippen molar-refractivity contribution in [2.75, 3.05) is 40.3 Å². The molecule has 1 aliphatic heterocycles. The average molecular weight is 312 g/mol. The van der Waals surface area contributed by atoms with Gasteiger partial charge in [-0.3, -0.25) is 0 Å². The number of rotatable bonds is 4. The molecule has 118 valence electrons. The van der Waals surface area contributed by atoms with E-state index in [1.165, 1.54) is 4.31 Å². The average Bonchev–Trinajstić information content (AvgIpc) is 2.41. The molecule has 1 unspecified atom stereocenters. The zero-order chi connectivity index (χ0) is 15.6. The van der Waals surface area contributed by atoms with E-state index in [9.17, 15) is 8.42 Å². The summed E-state index contributed by atoms with van der Waals surface area (Å²) in [6.45, 7) is 6.40. The predicted octanol–water partition coefficient (Wildman–Crippen LogP) is 1.25. The fourth-order valence-electron chi connectivity index (χ4n) is 2.52. The minimum Gasteiger partial charge on any atom is -0.374 e. The molecular weight excluding hydrogens is 288 g/mol. The van der Waals surface area contributed by atoms with Gasteiger partial charge in [-0.15, -0.1) is 0 Å². The van der Waals surface area contributed by atoms with Crippen molar-refractivity contribution in [1.82, 2.24) is 9.21 Å². The van der Waals surface area contributed by atoms with Crippen LogP contribution in [0, 0.1) is 13.8 Å². The Hall–Kier alpha value is -0.950. The quantitative estimate of drug-likeness (QED) is 0.840. The van der Waals surface area contributed by atoms with Crippen molar-refractivity contribution in [3.8, 4) is 0 Å². The molecule has 0 radical (unpaired) electrons. The van der Waals surface area contributed by atoms with Gasteiger partial charge in [-0.05, 0) is 38.1 Å². The molecule has 0 aromatic heterocycles. The van der Waals surface area contributed by atoms with Gasteiger partial charge in [0, 0.05) is 26.7 Å². The molecule has 1 fully saturated rings. The molecule has 1 heterocycles. The molecule has 0 N–H and O–H groups in total. The number of sulfonamides is 1. The zero-order valence-electron chi connectivity index (χ0n) is 13.2. The van der Waals surface area contributed by atoms with E-state index in [1.807, 2.05) is 33.0 Å². The number of morpholine rings is 1. The number of benzene rings is 1. The van der Waals surface area contributed by atoms with Crippen LogP contribution in [0.4, 0.5) is 0 Å². The third-order valence-corrected chi connectivity index (χ3v) is 5.80. The van der Waals surface area contributed by atoms with Crippen molar-refractivity contribution in [3.05, 3.63) is 29.3 Å². The normalized spacial score (nSPS) is 20.9. The molecule has 1 atom stereocenters. The Morgan fingerprint density at radius 2 is 2.10 bits per heavy atom. The molecular formula is C15H24N2O3S. The summed E-state index contributed by atoms with van der Waals surface area (Å²) in [4.78, 5) is 2.54. The minimum atomic E-state index is -3.47. The van der Waals surface area contributed by atoms with Crippen molar-refractivity contribution in [2.24, 2.45) is 0 Å². The molecule has 0 amide bonds. The Labute approximate surface area is 127 Å². The molecule has 1 aromatic rings. The molecule has 0 saturated carbocycles. The van der Waals surface area contributed by atoms with Crippen LogP contribution in [0.25, 0.3) is 0 Å². The lowest BCUT2D eigenvalue weighted by Crippen LogP contribution is -2.46. The van der Waals surface area contributed by atoms with Gasteiger partial charge in [0.25, 0.3) is 0 Å². The van der Waals surface area contributed by atoms with Crippen LogP contribution in [0.15, 0.2) is 23.1 Å². The van der Waals surface area contributed by atoms with Crippen LogP contribution in [0.2, 0.25) is 0 Å². The van der Waals surface area contributed by atoms with E-state index in [4.69, 9.17) is 4.74 Å². The molecule has 6 heteroatoms. The molecule has 1 aliphatic rings. The third-order valence-electron chi connectivity index (χ3n) is 3.83. The van der Waals surface area contributed by atoms with Crippen LogP contribution in [0.5, 0.6) is 0 Å². The first-order valence-corrected chi connectivity index (χ1v) is 8.58. The molecule has 2 rings (SSSR count). The maximum absolute atomic E-state index is 12.7. The smallest absolute Gasteiger partial charge is 0.243 e. The number of likely N-dealkylation sites (N-methyl/N-ethyl adjacent to an activating group) is 2. The van der Waals surface area contributed by atoms with Gasteiger partial charge in [0.05, 0.1) is 17.6 Å². The second-order valence-corrected chi connectivity index (χ2v) is 7.82. The standard InChI is InChI=1S/C15H24N2O3S/c1-12-5-6-13(2)15(9-12)21(18,19)17(4)11-14-10-16(3)7-8-20-14/h5-6,9,14H,7-8,10-11H2,1-4H3. The van der Waals surface area contributed by atoms with Crippen LogP contribution >= 0.6 is 0 Å². The Kier molecular flexibility index (Phi) is 5.03. The van der Waals surface area contributed by atoms with Gasteiger partial charge in [0.1, 0.15) is 0 Å². The number of aryl methyl sites for hydroxylation is 2. The lowest BCUT2D eigenvalue weighted by molar-refractivity contribution is -0.0247. The first-order chi connectivity index (χ1) is 9.80. The van der Waals surface area contributed by atoms with Gasteiger partial charge >= 0.3 is 0 Å². The topological polar surface area (TPSA) is 49.9 Å². The third kappa shape index (κ3) is 3.83. The van der Waals surface area contributed by atoms with Crippen LogP contribution in [0.1, 0.15) is 11.1 Å². The van der Waals surface area contributed by atoms with Crippen LogP contribution in [-0.4, -0.2) is 64.1 Å². The lowest BCUT2D eigenvalue weighted by atomic mass is 10.2. The molecule has 0 spiro atoms. The summed E-state index contributed by atoms with van der Waals surface area (Å²) < 4.78 is 32.5. The van der Waals surface area contributed by atoms with Crippen LogP contribution in [0.3, 0.4) is 0 Å². The summed E-state index contributed by atoms with van der Waals surface area (Å²) >= 11 is 0. The van der Waals surface area contributed by atoms with Gasteiger partial charge in [0.2, 0.25) is 10.0 Å². The number of nitrogens with zero attached hydrogens (tertiary/aromatic N) is 2. The van der Waals surface area contributed by atoms with Crippen molar-refractivity contribution < 1.29 is 13.2 Å². The second-order valence-electron chi connectivity index (χ2n) is 5.81. The van der Waals surface area contributed by atoms with E-state index in [1.54, 1.807) is 13.1 Å². The van der Waals surface area contributed by atoms with Crippen LogP contribution < -0.4 is 0 Å². The number of ether oxygens (including phenoxy) is 1. The maximum Gasteiger partial charge on any atom is 0.243 e. The predicted molar refractivity (Wildman–Crippen MR) is 83.0 cm³/mol. The first-order valence-electron chi connectivity index (χ1n) is 7.14. The highest BCUT2D eigenvalue weighted by molar-refractivity contribution is 7.89. The van der Waals surface area contributed by atoms with Gasteiger partial charge in [-0.1, -0.05) is 12.1 Å². The SMILES string of the molecule is Cc1ccc(C)c(S(=O)(=O)N(C)CC2CN(C)CCO2)c1. The van der Waals surface area contributed by atoms with Gasteiger partial charge < -0.3 is 9.64 Å². The van der Waals surface area contributed by atoms with Gasteiger partial charge in [-0.2, -0.15) is 4.31 Å². The van der Waals surface area contributed by atoms with Gasteiger partial charge in [0.15, 0.2) is 0 Å². The Morgan fingerprint density at radius 1 is 1.38 bits per heavy atom. The minimum absolute atomic E-state index is 0.0753. The van der Waals surface area contributed by atoms with E-state index >= 15 is 0 Å². The Morgan fingerprint density at radius 3 is 2.76 bits per heavy atom. The lowest BCUT2D eigenvalue weighted by Gasteiger charge is -2.32. The van der Waals surface area contributed by atoms with E-state index in [0.29, 0.717) is 18.0 Å². The second kappa shape index (κ2) is 6.44. The number of hydrogen-bond donors (Lipinski definition) is 0. The van der Waals surface area contributed by atoms with Crippen molar-refractivity contribution in [1.29, 1.82) is 0 Å². The maximum atomic E-state index is 12.7. The molecule has 21 heavy (non-hydrogen) atoms. The summed E-state index contributed by atoms with van der Waals surface area (Å²) in [5, 5.41) is 0. The molecule has 5 nitrogen and oxygen atoms in total.